The van der Waals surface area contributed by atoms with E-state index >= 15 is 0 Å². The molecular formula is C8H6FN3O. The monoisotopic (exact) mass is 179 g/mol. The summed E-state index contributed by atoms with van der Waals surface area (Å²) < 4.78 is 12.2. The van der Waals surface area contributed by atoms with E-state index in [-0.39, 0.29) is 6.42 Å². The van der Waals surface area contributed by atoms with E-state index in [2.05, 4.69) is 21.8 Å². The molecular weight excluding hydrogens is 173 g/mol. The fraction of sp³-hybridized carbons (Fsp3) is 0.125. The van der Waals surface area contributed by atoms with Crippen molar-refractivity contribution in [2.75, 3.05) is 0 Å². The Morgan fingerprint density at radius 2 is 2.15 bits per heavy atom. The van der Waals surface area contributed by atoms with Crippen molar-refractivity contribution in [2.24, 2.45) is 5.73 Å². The van der Waals surface area contributed by atoms with Crippen molar-refractivity contribution in [1.82, 2.24) is 9.97 Å². The molecule has 1 rings (SSSR count). The lowest BCUT2D eigenvalue weighted by Crippen LogP contribution is -2.08. The van der Waals surface area contributed by atoms with Crippen LogP contribution in [-0.2, 0) is 4.79 Å². The summed E-state index contributed by atoms with van der Waals surface area (Å²) in [5, 5.41) is 0. The minimum absolute atomic E-state index is 0.0304. The fourth-order valence-electron chi connectivity index (χ4n) is 0.610. The standard InChI is InChI=1S/C8H6FN3O/c9-8-11-4-6(5-12-8)2-1-3-7(10)13/h4-5H,3H2,(H2,10,13). The number of amides is 1. The lowest BCUT2D eigenvalue weighted by Gasteiger charge is -1.86. The van der Waals surface area contributed by atoms with Crippen molar-refractivity contribution in [1.29, 1.82) is 0 Å². The second kappa shape index (κ2) is 4.16. The van der Waals surface area contributed by atoms with Gasteiger partial charge >= 0.3 is 6.08 Å². The number of carbonyl (C=O) groups excluding carboxylic acids is 1. The first-order chi connectivity index (χ1) is 6.18. The topological polar surface area (TPSA) is 68.9 Å². The molecule has 0 aliphatic heterocycles. The van der Waals surface area contributed by atoms with Crippen molar-refractivity contribution in [3.05, 3.63) is 24.0 Å². The highest BCUT2D eigenvalue weighted by Crippen LogP contribution is 1.91. The van der Waals surface area contributed by atoms with Crippen LogP contribution in [0.5, 0.6) is 0 Å². The van der Waals surface area contributed by atoms with Gasteiger partial charge in [-0.05, 0) is 0 Å². The van der Waals surface area contributed by atoms with Crippen LogP contribution in [0.2, 0.25) is 0 Å². The molecule has 0 atom stereocenters. The minimum Gasteiger partial charge on any atom is -0.369 e. The zero-order valence-corrected chi connectivity index (χ0v) is 6.62. The van der Waals surface area contributed by atoms with Crippen molar-refractivity contribution in [3.63, 3.8) is 0 Å². The number of hydrogen-bond donors (Lipinski definition) is 1. The van der Waals surface area contributed by atoms with Gasteiger partial charge in [-0.1, -0.05) is 11.8 Å². The smallest absolute Gasteiger partial charge is 0.308 e. The van der Waals surface area contributed by atoms with Gasteiger partial charge in [0.1, 0.15) is 0 Å². The van der Waals surface area contributed by atoms with E-state index < -0.39 is 12.0 Å². The van der Waals surface area contributed by atoms with Gasteiger partial charge in [0, 0.05) is 12.4 Å². The number of rotatable bonds is 1. The molecule has 1 aromatic rings. The summed E-state index contributed by atoms with van der Waals surface area (Å²) in [5.41, 5.74) is 5.29. The van der Waals surface area contributed by atoms with Crippen molar-refractivity contribution >= 4 is 5.91 Å². The molecule has 4 nitrogen and oxygen atoms in total. The summed E-state index contributed by atoms with van der Waals surface area (Å²) in [5.74, 6) is 4.55. The summed E-state index contributed by atoms with van der Waals surface area (Å²) in [7, 11) is 0. The van der Waals surface area contributed by atoms with Crippen LogP contribution in [0, 0.1) is 17.9 Å². The number of nitrogens with two attached hydrogens (primary N) is 1. The molecule has 0 saturated heterocycles. The van der Waals surface area contributed by atoms with Crippen LogP contribution >= 0.6 is 0 Å². The number of nitrogens with zero attached hydrogens (tertiary/aromatic N) is 2. The van der Waals surface area contributed by atoms with Gasteiger partial charge in [0.25, 0.3) is 0 Å². The highest BCUT2D eigenvalue weighted by atomic mass is 19.1. The van der Waals surface area contributed by atoms with Gasteiger partial charge in [-0.25, -0.2) is 9.97 Å². The van der Waals surface area contributed by atoms with Crippen molar-refractivity contribution < 1.29 is 9.18 Å². The summed E-state index contributed by atoms with van der Waals surface area (Å²) in [4.78, 5) is 16.8. The Balaban J connectivity index is 2.67. The second-order valence-electron chi connectivity index (χ2n) is 2.19. The molecule has 0 fully saturated rings. The third-order valence-electron chi connectivity index (χ3n) is 1.12. The van der Waals surface area contributed by atoms with Crippen molar-refractivity contribution in [2.45, 2.75) is 6.42 Å². The molecule has 0 unspecified atom stereocenters. The van der Waals surface area contributed by atoms with E-state index in [0.29, 0.717) is 5.56 Å². The molecule has 0 aliphatic carbocycles. The molecule has 1 heterocycles. The van der Waals surface area contributed by atoms with Crippen LogP contribution in [0.1, 0.15) is 12.0 Å². The lowest BCUT2D eigenvalue weighted by atomic mass is 10.3. The average molecular weight is 179 g/mol. The highest BCUT2D eigenvalue weighted by molar-refractivity contribution is 5.76. The molecule has 2 N–H and O–H groups in total. The molecule has 1 aromatic heterocycles. The zero-order valence-electron chi connectivity index (χ0n) is 6.62. The largest absolute Gasteiger partial charge is 0.369 e. The number of carbonyl (C=O) groups is 1. The van der Waals surface area contributed by atoms with Crippen LogP contribution in [0.3, 0.4) is 0 Å². The normalized spacial score (nSPS) is 8.69. The molecule has 0 saturated carbocycles. The Labute approximate surface area is 74.0 Å². The van der Waals surface area contributed by atoms with Crippen molar-refractivity contribution in [3.8, 4) is 11.8 Å². The Morgan fingerprint density at radius 3 is 2.69 bits per heavy atom. The first kappa shape index (κ1) is 9.13. The predicted octanol–water partition coefficient (Wildman–Crippen LogP) is -0.157. The van der Waals surface area contributed by atoms with E-state index in [1.807, 2.05) is 0 Å². The average Bonchev–Trinajstić information content (AvgIpc) is 2.08. The Morgan fingerprint density at radius 1 is 1.54 bits per heavy atom. The number of aromatic nitrogens is 2. The van der Waals surface area contributed by atoms with E-state index in [1.54, 1.807) is 0 Å². The third-order valence-corrected chi connectivity index (χ3v) is 1.12. The maximum Gasteiger partial charge on any atom is 0.308 e. The molecule has 66 valence electrons. The van der Waals surface area contributed by atoms with Gasteiger partial charge in [0.2, 0.25) is 5.91 Å². The van der Waals surface area contributed by atoms with Gasteiger partial charge in [0.05, 0.1) is 12.0 Å². The predicted molar refractivity (Wildman–Crippen MR) is 42.7 cm³/mol. The van der Waals surface area contributed by atoms with Gasteiger partial charge < -0.3 is 5.73 Å². The van der Waals surface area contributed by atoms with Crippen LogP contribution in [0.15, 0.2) is 12.4 Å². The molecule has 1 amide bonds. The Bertz CT molecular complexity index is 363. The van der Waals surface area contributed by atoms with Crippen LogP contribution in [0.25, 0.3) is 0 Å². The maximum atomic E-state index is 12.2. The van der Waals surface area contributed by atoms with Crippen LogP contribution in [-0.4, -0.2) is 15.9 Å². The first-order valence-corrected chi connectivity index (χ1v) is 3.43. The maximum absolute atomic E-state index is 12.2. The van der Waals surface area contributed by atoms with Crippen LogP contribution in [0.4, 0.5) is 4.39 Å². The Kier molecular flexibility index (Phi) is 2.92. The minimum atomic E-state index is -0.805. The summed E-state index contributed by atoms with van der Waals surface area (Å²) in [6.07, 6.45) is 1.63. The summed E-state index contributed by atoms with van der Waals surface area (Å²) >= 11 is 0. The quantitative estimate of drug-likeness (QED) is 0.481. The van der Waals surface area contributed by atoms with E-state index in [1.165, 1.54) is 12.4 Å². The van der Waals surface area contributed by atoms with Gasteiger partial charge in [-0.15, -0.1) is 0 Å². The number of hydrogen-bond acceptors (Lipinski definition) is 3. The van der Waals surface area contributed by atoms with E-state index in [4.69, 9.17) is 5.73 Å². The molecule has 13 heavy (non-hydrogen) atoms. The SMILES string of the molecule is NC(=O)CC#Cc1cnc(F)nc1. The van der Waals surface area contributed by atoms with Gasteiger partial charge in [0.15, 0.2) is 0 Å². The number of primary amides is 1. The second-order valence-corrected chi connectivity index (χ2v) is 2.19. The van der Waals surface area contributed by atoms with Gasteiger partial charge in [-0.2, -0.15) is 4.39 Å². The summed E-state index contributed by atoms with van der Waals surface area (Å²) in [6, 6.07) is 0. The molecule has 0 spiro atoms. The van der Waals surface area contributed by atoms with E-state index in [0.717, 1.165) is 0 Å². The first-order valence-electron chi connectivity index (χ1n) is 3.43. The highest BCUT2D eigenvalue weighted by Gasteiger charge is 1.91. The van der Waals surface area contributed by atoms with Crippen LogP contribution < -0.4 is 5.73 Å². The molecule has 0 radical (unpaired) electrons. The molecule has 0 aromatic carbocycles. The third kappa shape index (κ3) is 3.29. The lowest BCUT2D eigenvalue weighted by molar-refractivity contribution is -0.117. The van der Waals surface area contributed by atoms with E-state index in [9.17, 15) is 9.18 Å². The molecule has 0 aliphatic rings. The fourth-order valence-corrected chi connectivity index (χ4v) is 0.610. The molecule has 0 bridgehead atoms. The summed E-state index contributed by atoms with van der Waals surface area (Å²) in [6.45, 7) is 0. The number of halogens is 1. The zero-order chi connectivity index (χ0) is 9.68. The van der Waals surface area contributed by atoms with Gasteiger partial charge in [-0.3, -0.25) is 4.79 Å². The molecule has 5 heteroatoms. The Hall–Kier alpha value is -1.96.